The third-order valence-corrected chi connectivity index (χ3v) is 2.51. The molecule has 0 aliphatic heterocycles. The maximum atomic E-state index is 5.44. The fourth-order valence-electron chi connectivity index (χ4n) is 1.03. The molecule has 0 aliphatic carbocycles. The molecule has 13 heavy (non-hydrogen) atoms. The highest BCUT2D eigenvalue weighted by atomic mass is 32.1. The lowest BCUT2D eigenvalue weighted by Crippen LogP contribution is -1.81. The monoisotopic (exact) mass is 196 g/mol. The van der Waals surface area contributed by atoms with Crippen molar-refractivity contribution in [2.24, 2.45) is 0 Å². The van der Waals surface area contributed by atoms with E-state index in [2.05, 4.69) is 5.16 Å². The first kappa shape index (κ1) is 8.12. The predicted molar refractivity (Wildman–Crippen MR) is 50.8 cm³/mol. The number of nitrogens with two attached hydrogens (primary N) is 1. The van der Waals surface area contributed by atoms with Crippen LogP contribution in [0.5, 0.6) is 5.75 Å². The van der Waals surface area contributed by atoms with Crippen LogP contribution in [0.2, 0.25) is 0 Å². The minimum Gasteiger partial charge on any atom is -0.495 e. The SMILES string of the molecule is COc1ccsc1-c1cc(N)no1. The van der Waals surface area contributed by atoms with Gasteiger partial charge >= 0.3 is 0 Å². The number of rotatable bonds is 2. The Morgan fingerprint density at radius 2 is 2.46 bits per heavy atom. The van der Waals surface area contributed by atoms with Crippen molar-refractivity contribution in [1.29, 1.82) is 0 Å². The van der Waals surface area contributed by atoms with Gasteiger partial charge in [0, 0.05) is 6.07 Å². The number of thiophene rings is 1. The first-order chi connectivity index (χ1) is 6.31. The Balaban J connectivity index is 2.45. The molecule has 0 bridgehead atoms. The molecule has 0 saturated heterocycles. The van der Waals surface area contributed by atoms with Gasteiger partial charge in [-0.3, -0.25) is 0 Å². The molecule has 2 heterocycles. The van der Waals surface area contributed by atoms with Crippen molar-refractivity contribution in [3.8, 4) is 16.4 Å². The van der Waals surface area contributed by atoms with Gasteiger partial charge < -0.3 is 15.0 Å². The number of methoxy groups -OCH3 is 1. The van der Waals surface area contributed by atoms with Crippen molar-refractivity contribution in [2.45, 2.75) is 0 Å². The fraction of sp³-hybridized carbons (Fsp3) is 0.125. The van der Waals surface area contributed by atoms with Crippen LogP contribution < -0.4 is 10.5 Å². The highest BCUT2D eigenvalue weighted by Gasteiger charge is 2.11. The fourth-order valence-corrected chi connectivity index (χ4v) is 1.84. The molecule has 2 aromatic heterocycles. The summed E-state index contributed by atoms with van der Waals surface area (Å²) in [6, 6.07) is 3.55. The van der Waals surface area contributed by atoms with Gasteiger partial charge in [0.25, 0.3) is 0 Å². The molecule has 0 amide bonds. The second-order valence-corrected chi connectivity index (χ2v) is 3.35. The summed E-state index contributed by atoms with van der Waals surface area (Å²) in [5, 5.41) is 5.53. The lowest BCUT2D eigenvalue weighted by molar-refractivity contribution is 0.409. The summed E-state index contributed by atoms with van der Waals surface area (Å²) in [6.45, 7) is 0. The number of aromatic nitrogens is 1. The Hall–Kier alpha value is -1.49. The summed E-state index contributed by atoms with van der Waals surface area (Å²) in [6.07, 6.45) is 0. The molecular weight excluding hydrogens is 188 g/mol. The highest BCUT2D eigenvalue weighted by Crippen LogP contribution is 2.35. The van der Waals surface area contributed by atoms with Crippen LogP contribution in [0, 0.1) is 0 Å². The summed E-state index contributed by atoms with van der Waals surface area (Å²) < 4.78 is 10.1. The van der Waals surface area contributed by atoms with Gasteiger partial charge in [-0.15, -0.1) is 11.3 Å². The summed E-state index contributed by atoms with van der Waals surface area (Å²) in [7, 11) is 1.62. The van der Waals surface area contributed by atoms with E-state index in [1.165, 1.54) is 11.3 Å². The molecule has 4 nitrogen and oxygen atoms in total. The van der Waals surface area contributed by atoms with Crippen LogP contribution in [0.3, 0.4) is 0 Å². The summed E-state index contributed by atoms with van der Waals surface area (Å²) in [4.78, 5) is 0.909. The van der Waals surface area contributed by atoms with Crippen LogP contribution in [-0.2, 0) is 0 Å². The van der Waals surface area contributed by atoms with Gasteiger partial charge in [-0.25, -0.2) is 0 Å². The average Bonchev–Trinajstić information content (AvgIpc) is 2.71. The number of hydrogen-bond donors (Lipinski definition) is 1. The Kier molecular flexibility index (Phi) is 1.94. The van der Waals surface area contributed by atoms with Gasteiger partial charge in [0.15, 0.2) is 11.6 Å². The predicted octanol–water partition coefficient (Wildman–Crippen LogP) is 1.99. The molecule has 2 N–H and O–H groups in total. The van der Waals surface area contributed by atoms with Gasteiger partial charge in [-0.2, -0.15) is 0 Å². The van der Waals surface area contributed by atoms with E-state index < -0.39 is 0 Å². The van der Waals surface area contributed by atoms with E-state index in [0.717, 1.165) is 10.6 Å². The lowest BCUT2D eigenvalue weighted by Gasteiger charge is -1.96. The quantitative estimate of drug-likeness (QED) is 0.797. The molecule has 68 valence electrons. The van der Waals surface area contributed by atoms with E-state index in [-0.39, 0.29) is 0 Å². The summed E-state index contributed by atoms with van der Waals surface area (Å²) in [5.74, 6) is 1.80. The smallest absolute Gasteiger partial charge is 0.182 e. The van der Waals surface area contributed by atoms with Crippen LogP contribution in [-0.4, -0.2) is 12.3 Å². The number of ether oxygens (including phenoxy) is 1. The van der Waals surface area contributed by atoms with Crippen LogP contribution in [0.15, 0.2) is 22.0 Å². The molecule has 0 saturated carbocycles. The molecule has 2 aromatic rings. The standard InChI is InChI=1S/C8H8N2O2S/c1-11-5-2-3-13-8(5)6-4-7(9)10-12-6/h2-4H,1H3,(H2,9,10). The van der Waals surface area contributed by atoms with Crippen molar-refractivity contribution in [2.75, 3.05) is 12.8 Å². The zero-order valence-electron chi connectivity index (χ0n) is 6.98. The van der Waals surface area contributed by atoms with Crippen LogP contribution >= 0.6 is 11.3 Å². The molecule has 5 heteroatoms. The van der Waals surface area contributed by atoms with Crippen molar-refractivity contribution in [1.82, 2.24) is 5.16 Å². The number of hydrogen-bond acceptors (Lipinski definition) is 5. The molecule has 0 fully saturated rings. The van der Waals surface area contributed by atoms with E-state index in [0.29, 0.717) is 11.6 Å². The van der Waals surface area contributed by atoms with Crippen molar-refractivity contribution < 1.29 is 9.26 Å². The average molecular weight is 196 g/mol. The zero-order valence-corrected chi connectivity index (χ0v) is 7.80. The largest absolute Gasteiger partial charge is 0.495 e. The Bertz CT molecular complexity index is 408. The van der Waals surface area contributed by atoms with Gasteiger partial charge in [0.05, 0.1) is 7.11 Å². The topological polar surface area (TPSA) is 61.3 Å². The maximum Gasteiger partial charge on any atom is 0.182 e. The van der Waals surface area contributed by atoms with Crippen LogP contribution in [0.1, 0.15) is 0 Å². The summed E-state index contributed by atoms with van der Waals surface area (Å²) in [5.41, 5.74) is 5.44. The van der Waals surface area contributed by atoms with Crippen molar-refractivity contribution >= 4 is 17.2 Å². The van der Waals surface area contributed by atoms with Crippen LogP contribution in [0.4, 0.5) is 5.82 Å². The molecular formula is C8H8N2O2S. The molecule has 0 radical (unpaired) electrons. The number of nitrogens with zero attached hydrogens (tertiary/aromatic N) is 1. The molecule has 0 aromatic carbocycles. The van der Waals surface area contributed by atoms with Crippen molar-refractivity contribution in [3.63, 3.8) is 0 Å². The lowest BCUT2D eigenvalue weighted by atomic mass is 10.3. The second-order valence-electron chi connectivity index (χ2n) is 2.43. The minimum absolute atomic E-state index is 0.380. The van der Waals surface area contributed by atoms with Crippen molar-refractivity contribution in [3.05, 3.63) is 17.5 Å². The van der Waals surface area contributed by atoms with E-state index in [4.69, 9.17) is 15.0 Å². The number of anilines is 1. The van der Waals surface area contributed by atoms with E-state index >= 15 is 0 Å². The van der Waals surface area contributed by atoms with Gasteiger partial charge in [-0.1, -0.05) is 5.16 Å². The third-order valence-electron chi connectivity index (χ3n) is 1.60. The third kappa shape index (κ3) is 1.38. The molecule has 0 atom stereocenters. The molecule has 0 unspecified atom stereocenters. The van der Waals surface area contributed by atoms with Gasteiger partial charge in [0.2, 0.25) is 0 Å². The van der Waals surface area contributed by atoms with Crippen LogP contribution in [0.25, 0.3) is 10.6 Å². The molecule has 0 spiro atoms. The summed E-state index contributed by atoms with van der Waals surface area (Å²) >= 11 is 1.53. The van der Waals surface area contributed by atoms with E-state index in [1.54, 1.807) is 13.2 Å². The number of nitrogen functional groups attached to an aromatic ring is 1. The Labute approximate surface area is 78.9 Å². The maximum absolute atomic E-state index is 5.44. The molecule has 2 rings (SSSR count). The second kappa shape index (κ2) is 3.10. The Morgan fingerprint density at radius 3 is 3.08 bits per heavy atom. The molecule has 0 aliphatic rings. The van der Waals surface area contributed by atoms with E-state index in [1.807, 2.05) is 11.4 Å². The minimum atomic E-state index is 0.380. The van der Waals surface area contributed by atoms with Gasteiger partial charge in [-0.05, 0) is 11.4 Å². The zero-order chi connectivity index (χ0) is 9.26. The Morgan fingerprint density at radius 1 is 1.62 bits per heavy atom. The normalized spacial score (nSPS) is 10.2. The van der Waals surface area contributed by atoms with E-state index in [9.17, 15) is 0 Å². The first-order valence-electron chi connectivity index (χ1n) is 3.65. The highest BCUT2D eigenvalue weighted by molar-refractivity contribution is 7.13. The van der Waals surface area contributed by atoms with Gasteiger partial charge in [0.1, 0.15) is 10.6 Å². The first-order valence-corrected chi connectivity index (χ1v) is 4.53.